The molecule has 33 heavy (non-hydrogen) atoms. The van der Waals surface area contributed by atoms with E-state index in [4.69, 9.17) is 14.2 Å². The summed E-state index contributed by atoms with van der Waals surface area (Å²) in [5, 5.41) is 9.80. The zero-order valence-corrected chi connectivity index (χ0v) is 19.5. The largest absolute Gasteiger partial charge is 0.496 e. The van der Waals surface area contributed by atoms with E-state index in [-0.39, 0.29) is 11.8 Å². The van der Waals surface area contributed by atoms with E-state index in [1.165, 1.54) is 12.8 Å². The number of nitrogens with zero attached hydrogens (tertiary/aromatic N) is 4. The topological polar surface area (TPSA) is 94.5 Å². The first-order valence-corrected chi connectivity index (χ1v) is 11.7. The molecule has 3 aromatic rings. The second-order valence-electron chi connectivity index (χ2n) is 8.81. The highest BCUT2D eigenvalue weighted by Crippen LogP contribution is 2.41. The number of methoxy groups -OCH3 is 3. The van der Waals surface area contributed by atoms with E-state index in [0.29, 0.717) is 35.0 Å². The van der Waals surface area contributed by atoms with Gasteiger partial charge in [0.2, 0.25) is 0 Å². The maximum Gasteiger partial charge on any atom is 0.270 e. The SMILES string of the molecule is COc1cc(OC)c2cc(C(=O)N3CCCC(c4nnc5n4CCCCC5)C3)[nH]c2c1OC. The van der Waals surface area contributed by atoms with Crippen LogP contribution in [0, 0.1) is 0 Å². The Bertz CT molecular complexity index is 1170. The highest BCUT2D eigenvalue weighted by molar-refractivity contribution is 6.02. The number of carbonyl (C=O) groups is 1. The van der Waals surface area contributed by atoms with Gasteiger partial charge in [0.05, 0.1) is 26.8 Å². The summed E-state index contributed by atoms with van der Waals surface area (Å²) in [5.74, 6) is 4.03. The van der Waals surface area contributed by atoms with E-state index in [1.807, 2.05) is 11.0 Å². The molecule has 1 amide bonds. The van der Waals surface area contributed by atoms with Crippen molar-refractivity contribution in [1.29, 1.82) is 0 Å². The molecule has 9 nitrogen and oxygen atoms in total. The fourth-order valence-electron chi connectivity index (χ4n) is 5.20. The third-order valence-corrected chi connectivity index (χ3v) is 6.88. The second kappa shape index (κ2) is 8.96. The molecule has 1 aromatic carbocycles. The molecule has 1 fully saturated rings. The second-order valence-corrected chi connectivity index (χ2v) is 8.81. The predicted molar refractivity (Wildman–Crippen MR) is 123 cm³/mol. The summed E-state index contributed by atoms with van der Waals surface area (Å²) in [6, 6.07) is 3.61. The number of nitrogens with one attached hydrogen (secondary N) is 1. The van der Waals surface area contributed by atoms with Crippen molar-refractivity contribution in [1.82, 2.24) is 24.6 Å². The first-order chi connectivity index (χ1) is 16.1. The third kappa shape index (κ3) is 3.79. The first-order valence-electron chi connectivity index (χ1n) is 11.7. The fourth-order valence-corrected chi connectivity index (χ4v) is 5.20. The number of aryl methyl sites for hydroxylation is 1. The monoisotopic (exact) mass is 453 g/mol. The number of likely N-dealkylation sites (tertiary alicyclic amines) is 1. The number of hydrogen-bond acceptors (Lipinski definition) is 6. The van der Waals surface area contributed by atoms with Crippen molar-refractivity contribution in [3.63, 3.8) is 0 Å². The minimum absolute atomic E-state index is 0.0328. The summed E-state index contributed by atoms with van der Waals surface area (Å²) in [6.07, 6.45) is 6.52. The lowest BCUT2D eigenvalue weighted by Gasteiger charge is -2.32. The molecule has 0 aliphatic carbocycles. The minimum atomic E-state index is -0.0328. The van der Waals surface area contributed by atoms with Gasteiger partial charge in [-0.25, -0.2) is 0 Å². The Kier molecular flexibility index (Phi) is 5.86. The molecule has 1 unspecified atom stereocenters. The highest BCUT2D eigenvalue weighted by Gasteiger charge is 2.31. The van der Waals surface area contributed by atoms with Crippen LogP contribution in [0.4, 0.5) is 0 Å². The maximum atomic E-state index is 13.5. The average Bonchev–Trinajstić information content (AvgIpc) is 3.40. The van der Waals surface area contributed by atoms with Gasteiger partial charge in [-0.2, -0.15) is 0 Å². The van der Waals surface area contributed by atoms with Gasteiger partial charge in [-0.3, -0.25) is 4.79 Å². The van der Waals surface area contributed by atoms with Gasteiger partial charge in [-0.15, -0.1) is 10.2 Å². The number of fused-ring (bicyclic) bond motifs is 2. The quantitative estimate of drug-likeness (QED) is 0.635. The number of carbonyl (C=O) groups excluding carboxylic acids is 1. The molecule has 176 valence electrons. The lowest BCUT2D eigenvalue weighted by molar-refractivity contribution is 0.0698. The van der Waals surface area contributed by atoms with Gasteiger partial charge in [-0.1, -0.05) is 6.42 Å². The predicted octanol–water partition coefficient (Wildman–Crippen LogP) is 3.53. The van der Waals surface area contributed by atoms with E-state index in [0.717, 1.165) is 55.8 Å². The molecular formula is C24H31N5O4. The lowest BCUT2D eigenvalue weighted by Crippen LogP contribution is -2.40. The zero-order valence-electron chi connectivity index (χ0n) is 19.5. The molecule has 2 aliphatic heterocycles. The van der Waals surface area contributed by atoms with Gasteiger partial charge in [0, 0.05) is 43.4 Å². The Morgan fingerprint density at radius 3 is 2.64 bits per heavy atom. The van der Waals surface area contributed by atoms with Crippen LogP contribution in [0.25, 0.3) is 10.9 Å². The molecule has 5 rings (SSSR count). The van der Waals surface area contributed by atoms with Crippen molar-refractivity contribution >= 4 is 16.8 Å². The van der Waals surface area contributed by atoms with Crippen LogP contribution in [0.5, 0.6) is 17.2 Å². The van der Waals surface area contributed by atoms with E-state index in [9.17, 15) is 4.79 Å². The molecule has 1 atom stereocenters. The molecular weight excluding hydrogens is 422 g/mol. The molecule has 2 aromatic heterocycles. The van der Waals surface area contributed by atoms with Gasteiger partial charge < -0.3 is 28.7 Å². The maximum absolute atomic E-state index is 13.5. The summed E-state index contributed by atoms with van der Waals surface area (Å²) >= 11 is 0. The number of rotatable bonds is 5. The van der Waals surface area contributed by atoms with Crippen molar-refractivity contribution in [3.8, 4) is 17.2 Å². The van der Waals surface area contributed by atoms with E-state index in [1.54, 1.807) is 27.4 Å². The van der Waals surface area contributed by atoms with Gasteiger partial charge in [-0.05, 0) is 31.7 Å². The van der Waals surface area contributed by atoms with Crippen molar-refractivity contribution < 1.29 is 19.0 Å². The first kappa shape index (κ1) is 21.6. The molecule has 1 N–H and O–H groups in total. The van der Waals surface area contributed by atoms with Crippen LogP contribution in [0.1, 0.15) is 60.2 Å². The summed E-state index contributed by atoms with van der Waals surface area (Å²) in [4.78, 5) is 18.7. The van der Waals surface area contributed by atoms with Gasteiger partial charge in [0.25, 0.3) is 5.91 Å². The number of amides is 1. The third-order valence-electron chi connectivity index (χ3n) is 6.88. The Balaban J connectivity index is 1.43. The van der Waals surface area contributed by atoms with Crippen molar-refractivity contribution in [3.05, 3.63) is 29.5 Å². The van der Waals surface area contributed by atoms with Crippen molar-refractivity contribution in [2.75, 3.05) is 34.4 Å². The summed E-state index contributed by atoms with van der Waals surface area (Å²) in [7, 11) is 4.77. The van der Waals surface area contributed by atoms with Crippen LogP contribution < -0.4 is 14.2 Å². The number of benzene rings is 1. The molecule has 0 spiro atoms. The summed E-state index contributed by atoms with van der Waals surface area (Å²) in [6.45, 7) is 2.35. The molecule has 0 radical (unpaired) electrons. The zero-order chi connectivity index (χ0) is 22.9. The Hall–Kier alpha value is -3.23. The van der Waals surface area contributed by atoms with Crippen LogP contribution in [0.3, 0.4) is 0 Å². The van der Waals surface area contributed by atoms with Crippen molar-refractivity contribution in [2.45, 2.75) is 51.0 Å². The van der Waals surface area contributed by atoms with Gasteiger partial charge in [0.15, 0.2) is 11.5 Å². The van der Waals surface area contributed by atoms with E-state index in [2.05, 4.69) is 19.7 Å². The number of ether oxygens (including phenoxy) is 3. The fraction of sp³-hybridized carbons (Fsp3) is 0.542. The van der Waals surface area contributed by atoms with Crippen LogP contribution in [-0.2, 0) is 13.0 Å². The van der Waals surface area contributed by atoms with Gasteiger partial charge >= 0.3 is 0 Å². The van der Waals surface area contributed by atoms with Crippen LogP contribution in [0.2, 0.25) is 0 Å². The Labute approximate surface area is 193 Å². The number of aromatic nitrogens is 4. The summed E-state index contributed by atoms with van der Waals surface area (Å²) < 4.78 is 18.8. The summed E-state index contributed by atoms with van der Waals surface area (Å²) in [5.41, 5.74) is 1.20. The van der Waals surface area contributed by atoms with Gasteiger partial charge in [0.1, 0.15) is 23.1 Å². The normalized spacial score (nSPS) is 18.6. The number of aromatic amines is 1. The van der Waals surface area contributed by atoms with E-state index < -0.39 is 0 Å². The smallest absolute Gasteiger partial charge is 0.270 e. The number of H-pyrrole nitrogens is 1. The lowest BCUT2D eigenvalue weighted by atomic mass is 9.96. The van der Waals surface area contributed by atoms with Crippen LogP contribution >= 0.6 is 0 Å². The molecule has 0 saturated carbocycles. The van der Waals surface area contributed by atoms with E-state index >= 15 is 0 Å². The number of piperidine rings is 1. The van der Waals surface area contributed by atoms with Crippen LogP contribution in [-0.4, -0.2) is 65.0 Å². The number of hydrogen-bond donors (Lipinski definition) is 1. The average molecular weight is 454 g/mol. The van der Waals surface area contributed by atoms with Crippen molar-refractivity contribution in [2.24, 2.45) is 0 Å². The standard InChI is InChI=1S/C24H31N5O4/c1-31-18-13-19(32-2)22(33-3)21-16(18)12-17(25-21)24(30)28-10-7-8-15(14-28)23-27-26-20-9-5-4-6-11-29(20)23/h12-13,15,25H,4-11,14H2,1-3H3. The molecule has 2 aliphatic rings. The van der Waals surface area contributed by atoms with Crippen LogP contribution in [0.15, 0.2) is 12.1 Å². The molecule has 1 saturated heterocycles. The molecule has 4 heterocycles. The highest BCUT2D eigenvalue weighted by atomic mass is 16.5. The Morgan fingerprint density at radius 1 is 1.00 bits per heavy atom. The Morgan fingerprint density at radius 2 is 1.85 bits per heavy atom. The molecule has 0 bridgehead atoms. The molecule has 9 heteroatoms. The minimum Gasteiger partial charge on any atom is -0.496 e.